The van der Waals surface area contributed by atoms with Crippen molar-refractivity contribution in [2.24, 2.45) is 5.73 Å². The number of piperazine rings is 1. The van der Waals surface area contributed by atoms with Crippen molar-refractivity contribution >= 4 is 17.4 Å². The van der Waals surface area contributed by atoms with Crippen LogP contribution >= 0.6 is 0 Å². The normalized spacial score (nSPS) is 21.2. The van der Waals surface area contributed by atoms with Gasteiger partial charge < -0.3 is 21.3 Å². The Morgan fingerprint density at radius 1 is 1.09 bits per heavy atom. The maximum absolute atomic E-state index is 12.8. The van der Waals surface area contributed by atoms with Gasteiger partial charge in [-0.3, -0.25) is 9.78 Å². The highest BCUT2D eigenvalue weighted by Crippen LogP contribution is 2.42. The van der Waals surface area contributed by atoms with Crippen LogP contribution in [0.1, 0.15) is 63.4 Å². The van der Waals surface area contributed by atoms with Crippen LogP contribution in [-0.4, -0.2) is 53.1 Å². The standard InChI is InChI=1S/C25H35N7O/c26-24(33)25(9-4-1-5-10-25)20-17-29-23(31-22(20)30-18-6-2-3-7-18)21-16-19(8-11-28-21)32-14-12-27-13-15-32/h8,11,16-18,27H,1-7,9-10,12-15H2,(H2,26,33)(H,29,30,31). The Balaban J connectivity index is 1.52. The first kappa shape index (κ1) is 22.1. The molecule has 176 valence electrons. The first-order chi connectivity index (χ1) is 16.2. The Bertz CT molecular complexity index is 976. The third-order valence-corrected chi connectivity index (χ3v) is 7.63. The SMILES string of the molecule is NC(=O)C1(c2cnc(-c3cc(N4CCNCC4)ccn3)nc2NC2CCCC2)CCCCC1. The number of nitrogens with one attached hydrogen (secondary N) is 2. The molecule has 3 aliphatic rings. The predicted octanol–water partition coefficient (Wildman–Crippen LogP) is 2.99. The largest absolute Gasteiger partial charge is 0.369 e. The van der Waals surface area contributed by atoms with Crippen molar-refractivity contribution in [3.05, 3.63) is 30.1 Å². The van der Waals surface area contributed by atoms with Crippen LogP contribution in [0.25, 0.3) is 11.5 Å². The lowest BCUT2D eigenvalue weighted by atomic mass is 9.69. The van der Waals surface area contributed by atoms with Crippen LogP contribution in [0.5, 0.6) is 0 Å². The summed E-state index contributed by atoms with van der Waals surface area (Å²) in [5, 5.41) is 7.06. The molecule has 2 aromatic heterocycles. The van der Waals surface area contributed by atoms with E-state index in [-0.39, 0.29) is 5.91 Å². The first-order valence-corrected chi connectivity index (χ1v) is 12.5. The predicted molar refractivity (Wildman–Crippen MR) is 130 cm³/mol. The molecule has 5 rings (SSSR count). The number of amides is 1. The molecule has 8 heteroatoms. The summed E-state index contributed by atoms with van der Waals surface area (Å²) >= 11 is 0. The minimum Gasteiger partial charge on any atom is -0.369 e. The highest BCUT2D eigenvalue weighted by molar-refractivity contribution is 5.88. The number of nitrogens with two attached hydrogens (primary N) is 1. The second-order valence-corrected chi connectivity index (χ2v) is 9.72. The van der Waals surface area contributed by atoms with Gasteiger partial charge in [0.15, 0.2) is 5.82 Å². The number of carbonyl (C=O) groups excluding carboxylic acids is 1. The van der Waals surface area contributed by atoms with E-state index in [1.54, 1.807) is 0 Å². The van der Waals surface area contributed by atoms with E-state index < -0.39 is 5.41 Å². The first-order valence-electron chi connectivity index (χ1n) is 12.5. The molecule has 1 saturated heterocycles. The van der Waals surface area contributed by atoms with E-state index >= 15 is 0 Å². The van der Waals surface area contributed by atoms with Crippen molar-refractivity contribution < 1.29 is 4.79 Å². The molecule has 33 heavy (non-hydrogen) atoms. The molecule has 4 N–H and O–H groups in total. The minimum atomic E-state index is -0.687. The number of hydrogen-bond acceptors (Lipinski definition) is 7. The van der Waals surface area contributed by atoms with Gasteiger partial charge in [0.25, 0.3) is 0 Å². The van der Waals surface area contributed by atoms with Gasteiger partial charge in [-0.15, -0.1) is 0 Å². The van der Waals surface area contributed by atoms with E-state index in [1.807, 2.05) is 18.5 Å². The van der Waals surface area contributed by atoms with Crippen molar-refractivity contribution in [3.63, 3.8) is 0 Å². The number of aromatic nitrogens is 3. The van der Waals surface area contributed by atoms with Crippen LogP contribution in [-0.2, 0) is 10.2 Å². The molecule has 3 heterocycles. The van der Waals surface area contributed by atoms with Gasteiger partial charge in [-0.2, -0.15) is 0 Å². The summed E-state index contributed by atoms with van der Waals surface area (Å²) in [6.45, 7) is 3.90. The van der Waals surface area contributed by atoms with E-state index in [4.69, 9.17) is 15.7 Å². The van der Waals surface area contributed by atoms with Crippen molar-refractivity contribution in [2.45, 2.75) is 69.2 Å². The monoisotopic (exact) mass is 449 g/mol. The number of rotatable bonds is 6. The Labute approximate surface area is 195 Å². The fraction of sp³-hybridized carbons (Fsp3) is 0.600. The molecule has 0 aromatic carbocycles. The number of hydrogen-bond donors (Lipinski definition) is 3. The highest BCUT2D eigenvalue weighted by atomic mass is 16.1. The van der Waals surface area contributed by atoms with E-state index in [2.05, 4.69) is 26.6 Å². The lowest BCUT2D eigenvalue weighted by Gasteiger charge is -2.36. The molecule has 2 aromatic rings. The van der Waals surface area contributed by atoms with Gasteiger partial charge in [-0.1, -0.05) is 32.1 Å². The van der Waals surface area contributed by atoms with Gasteiger partial charge in [-0.05, 0) is 37.8 Å². The number of pyridine rings is 1. The summed E-state index contributed by atoms with van der Waals surface area (Å²) in [6, 6.07) is 4.50. The fourth-order valence-electron chi connectivity index (χ4n) is 5.69. The molecule has 2 aliphatic carbocycles. The van der Waals surface area contributed by atoms with Gasteiger partial charge in [0.2, 0.25) is 5.91 Å². The van der Waals surface area contributed by atoms with Gasteiger partial charge >= 0.3 is 0 Å². The number of anilines is 2. The van der Waals surface area contributed by atoms with E-state index in [1.165, 1.54) is 12.8 Å². The summed E-state index contributed by atoms with van der Waals surface area (Å²) in [4.78, 5) is 29.4. The molecule has 3 fully saturated rings. The zero-order chi connectivity index (χ0) is 22.7. The lowest BCUT2D eigenvalue weighted by molar-refractivity contribution is -0.124. The zero-order valence-corrected chi connectivity index (χ0v) is 19.4. The molecule has 0 radical (unpaired) electrons. The summed E-state index contributed by atoms with van der Waals surface area (Å²) < 4.78 is 0. The smallest absolute Gasteiger partial charge is 0.228 e. The van der Waals surface area contributed by atoms with Gasteiger partial charge in [0.1, 0.15) is 11.5 Å². The Hall–Kier alpha value is -2.74. The average molecular weight is 450 g/mol. The maximum atomic E-state index is 12.8. The van der Waals surface area contributed by atoms with Crippen LogP contribution in [0, 0.1) is 0 Å². The molecule has 8 nitrogen and oxygen atoms in total. The van der Waals surface area contributed by atoms with E-state index in [0.29, 0.717) is 11.9 Å². The van der Waals surface area contributed by atoms with Crippen LogP contribution < -0.4 is 21.3 Å². The summed E-state index contributed by atoms with van der Waals surface area (Å²) in [5.74, 6) is 1.10. The molecule has 0 atom stereocenters. The average Bonchev–Trinajstić information content (AvgIpc) is 3.38. The second kappa shape index (κ2) is 9.63. The summed E-state index contributed by atoms with van der Waals surface area (Å²) in [5.41, 5.74) is 8.09. The fourth-order valence-corrected chi connectivity index (χ4v) is 5.69. The Morgan fingerprint density at radius 3 is 2.58 bits per heavy atom. The van der Waals surface area contributed by atoms with E-state index in [0.717, 1.165) is 93.9 Å². The molecule has 1 aliphatic heterocycles. The molecule has 2 saturated carbocycles. The summed E-state index contributed by atoms with van der Waals surface area (Å²) in [6.07, 6.45) is 13.0. The van der Waals surface area contributed by atoms with Gasteiger partial charge in [0.05, 0.1) is 5.41 Å². The second-order valence-electron chi connectivity index (χ2n) is 9.72. The number of primary amides is 1. The Kier molecular flexibility index (Phi) is 6.44. The number of nitrogens with zero attached hydrogens (tertiary/aromatic N) is 4. The lowest BCUT2D eigenvalue weighted by Crippen LogP contribution is -2.44. The van der Waals surface area contributed by atoms with Gasteiger partial charge in [0, 0.05) is 55.9 Å². The van der Waals surface area contributed by atoms with Crippen molar-refractivity contribution in [1.29, 1.82) is 0 Å². The Morgan fingerprint density at radius 2 is 1.85 bits per heavy atom. The molecule has 0 bridgehead atoms. The van der Waals surface area contributed by atoms with Crippen molar-refractivity contribution in [1.82, 2.24) is 20.3 Å². The molecule has 1 amide bonds. The van der Waals surface area contributed by atoms with E-state index in [9.17, 15) is 4.79 Å². The van der Waals surface area contributed by atoms with Gasteiger partial charge in [-0.25, -0.2) is 9.97 Å². The molecule has 0 unspecified atom stereocenters. The summed E-state index contributed by atoms with van der Waals surface area (Å²) in [7, 11) is 0. The molecular formula is C25H35N7O. The number of carbonyl (C=O) groups is 1. The topological polar surface area (TPSA) is 109 Å². The highest BCUT2D eigenvalue weighted by Gasteiger charge is 2.42. The van der Waals surface area contributed by atoms with Crippen molar-refractivity contribution in [3.8, 4) is 11.5 Å². The molecular weight excluding hydrogens is 414 g/mol. The van der Waals surface area contributed by atoms with Crippen LogP contribution in [0.2, 0.25) is 0 Å². The third kappa shape index (κ3) is 4.53. The van der Waals surface area contributed by atoms with Crippen molar-refractivity contribution in [2.75, 3.05) is 36.4 Å². The van der Waals surface area contributed by atoms with Crippen LogP contribution in [0.4, 0.5) is 11.5 Å². The zero-order valence-electron chi connectivity index (χ0n) is 19.4. The van der Waals surface area contributed by atoms with Crippen LogP contribution in [0.15, 0.2) is 24.5 Å². The molecule has 0 spiro atoms. The maximum Gasteiger partial charge on any atom is 0.228 e. The quantitative estimate of drug-likeness (QED) is 0.622. The minimum absolute atomic E-state index is 0.258. The third-order valence-electron chi connectivity index (χ3n) is 7.63. The van der Waals surface area contributed by atoms with Crippen LogP contribution in [0.3, 0.4) is 0 Å².